The van der Waals surface area contributed by atoms with Crippen LogP contribution in [0.15, 0.2) is 67.0 Å². The van der Waals surface area contributed by atoms with Crippen molar-refractivity contribution in [2.75, 3.05) is 0 Å². The number of amides is 2. The molecule has 0 saturated heterocycles. The molecule has 0 spiro atoms. The molecule has 0 unspecified atom stereocenters. The fourth-order valence-electron chi connectivity index (χ4n) is 2.90. The molecule has 1 aromatic heterocycles. The van der Waals surface area contributed by atoms with Crippen molar-refractivity contribution in [3.63, 3.8) is 0 Å². The number of aromatic nitrogens is 2. The predicted molar refractivity (Wildman–Crippen MR) is 94.6 cm³/mol. The molecule has 25 heavy (non-hydrogen) atoms. The van der Waals surface area contributed by atoms with E-state index in [1.807, 2.05) is 47.3 Å². The molecule has 1 aliphatic rings. The van der Waals surface area contributed by atoms with E-state index in [-0.39, 0.29) is 11.8 Å². The van der Waals surface area contributed by atoms with Crippen molar-refractivity contribution < 1.29 is 9.59 Å². The van der Waals surface area contributed by atoms with E-state index in [2.05, 4.69) is 10.4 Å². The molecule has 1 aliphatic heterocycles. The molecule has 4 rings (SSSR count). The van der Waals surface area contributed by atoms with Crippen molar-refractivity contribution in [2.24, 2.45) is 0 Å². The Balaban J connectivity index is 1.66. The molecule has 0 saturated carbocycles. The first kappa shape index (κ1) is 15.1. The summed E-state index contributed by atoms with van der Waals surface area (Å²) in [5, 5.41) is 6.73. The van der Waals surface area contributed by atoms with Gasteiger partial charge in [0.2, 0.25) is 0 Å². The van der Waals surface area contributed by atoms with Gasteiger partial charge in [0.25, 0.3) is 11.8 Å². The molecule has 0 fully saturated rings. The first-order chi connectivity index (χ1) is 12.2. The summed E-state index contributed by atoms with van der Waals surface area (Å²) < 4.78 is 1.82. The van der Waals surface area contributed by atoms with Crippen LogP contribution in [0.4, 0.5) is 0 Å². The fourth-order valence-corrected chi connectivity index (χ4v) is 2.90. The van der Waals surface area contributed by atoms with Gasteiger partial charge in [-0.05, 0) is 23.3 Å². The molecule has 0 aliphatic carbocycles. The van der Waals surface area contributed by atoms with Crippen molar-refractivity contribution in [1.82, 2.24) is 15.1 Å². The van der Waals surface area contributed by atoms with Gasteiger partial charge in [-0.2, -0.15) is 5.10 Å². The highest BCUT2D eigenvalue weighted by atomic mass is 16.2. The van der Waals surface area contributed by atoms with Crippen LogP contribution >= 0.6 is 0 Å². The quantitative estimate of drug-likeness (QED) is 0.593. The monoisotopic (exact) mass is 329 g/mol. The maximum atomic E-state index is 12.2. The van der Waals surface area contributed by atoms with Crippen LogP contribution in [0.2, 0.25) is 0 Å². The molecule has 2 aromatic carbocycles. The van der Waals surface area contributed by atoms with Crippen LogP contribution in [0.1, 0.15) is 27.0 Å². The molecular weight excluding hydrogens is 314 g/mol. The second-order valence-electron chi connectivity index (χ2n) is 5.84. The summed E-state index contributed by atoms with van der Waals surface area (Å²) in [5.41, 5.74) is 3.58. The third-order valence-corrected chi connectivity index (χ3v) is 4.09. The summed E-state index contributed by atoms with van der Waals surface area (Å²) in [4.78, 5) is 24.2. The van der Waals surface area contributed by atoms with Gasteiger partial charge in [-0.25, -0.2) is 0 Å². The highest BCUT2D eigenvalue weighted by Crippen LogP contribution is 2.25. The number of hydrogen-bond donors (Lipinski definition) is 1. The molecule has 122 valence electrons. The predicted octanol–water partition coefficient (Wildman–Crippen LogP) is 2.74. The van der Waals surface area contributed by atoms with Crippen LogP contribution in [0.25, 0.3) is 11.6 Å². The van der Waals surface area contributed by atoms with Crippen LogP contribution < -0.4 is 5.32 Å². The number of rotatable bonds is 3. The Labute approximate surface area is 144 Å². The van der Waals surface area contributed by atoms with Gasteiger partial charge in [0.15, 0.2) is 0 Å². The number of imide groups is 1. The number of nitrogens with zero attached hydrogens (tertiary/aromatic N) is 2. The molecule has 0 radical (unpaired) electrons. The second kappa shape index (κ2) is 6.20. The molecule has 0 atom stereocenters. The Morgan fingerprint density at radius 2 is 1.64 bits per heavy atom. The first-order valence-corrected chi connectivity index (χ1v) is 7.94. The highest BCUT2D eigenvalue weighted by Gasteiger charge is 2.26. The van der Waals surface area contributed by atoms with Crippen molar-refractivity contribution in [3.8, 4) is 0 Å². The van der Waals surface area contributed by atoms with E-state index in [0.29, 0.717) is 23.2 Å². The minimum atomic E-state index is -0.389. The van der Waals surface area contributed by atoms with E-state index in [4.69, 9.17) is 0 Å². The number of fused-ring (bicyclic) bond motifs is 1. The van der Waals surface area contributed by atoms with Gasteiger partial charge >= 0.3 is 0 Å². The molecule has 2 amide bonds. The van der Waals surface area contributed by atoms with Crippen LogP contribution in [0, 0.1) is 0 Å². The molecule has 5 heteroatoms. The zero-order chi connectivity index (χ0) is 17.2. The third kappa shape index (κ3) is 2.99. The molecule has 1 N–H and O–H groups in total. The van der Waals surface area contributed by atoms with Crippen LogP contribution in [-0.4, -0.2) is 21.6 Å². The van der Waals surface area contributed by atoms with E-state index in [9.17, 15) is 9.59 Å². The Morgan fingerprint density at radius 1 is 0.920 bits per heavy atom. The lowest BCUT2D eigenvalue weighted by atomic mass is 9.94. The van der Waals surface area contributed by atoms with Gasteiger partial charge < -0.3 is 0 Å². The van der Waals surface area contributed by atoms with Crippen LogP contribution in [0.3, 0.4) is 0 Å². The largest absolute Gasteiger partial charge is 0.288 e. The summed E-state index contributed by atoms with van der Waals surface area (Å²) in [6.45, 7) is 0.658. The van der Waals surface area contributed by atoms with E-state index < -0.39 is 0 Å². The molecule has 2 heterocycles. The summed E-state index contributed by atoms with van der Waals surface area (Å²) >= 11 is 0. The fraction of sp³-hybridized carbons (Fsp3) is 0.0500. The molecular formula is C20H15N3O2. The molecule has 0 bridgehead atoms. The summed E-state index contributed by atoms with van der Waals surface area (Å²) in [5.74, 6) is -0.753. The number of hydrogen-bond acceptors (Lipinski definition) is 3. The number of benzene rings is 2. The van der Waals surface area contributed by atoms with Gasteiger partial charge in [0.1, 0.15) is 0 Å². The Morgan fingerprint density at radius 3 is 2.44 bits per heavy atom. The highest BCUT2D eigenvalue weighted by molar-refractivity contribution is 6.33. The number of nitrogens with one attached hydrogen (secondary N) is 1. The number of carbonyl (C=O) groups excluding carboxylic acids is 2. The average Bonchev–Trinajstić information content (AvgIpc) is 3.06. The zero-order valence-corrected chi connectivity index (χ0v) is 13.3. The maximum Gasteiger partial charge on any atom is 0.258 e. The molecule has 3 aromatic rings. The average molecular weight is 329 g/mol. The van der Waals surface area contributed by atoms with Gasteiger partial charge in [0.05, 0.1) is 12.7 Å². The lowest BCUT2D eigenvalue weighted by Crippen LogP contribution is -2.36. The van der Waals surface area contributed by atoms with E-state index in [0.717, 1.165) is 11.1 Å². The normalized spacial score (nSPS) is 15.1. The Bertz CT molecular complexity index is 987. The van der Waals surface area contributed by atoms with E-state index >= 15 is 0 Å². The summed E-state index contributed by atoms with van der Waals surface area (Å²) in [6, 6.07) is 17.1. The third-order valence-electron chi connectivity index (χ3n) is 4.09. The van der Waals surface area contributed by atoms with Crippen molar-refractivity contribution >= 4 is 23.5 Å². The Hall–Kier alpha value is -3.47. The van der Waals surface area contributed by atoms with Crippen molar-refractivity contribution in [3.05, 3.63) is 89.2 Å². The summed E-state index contributed by atoms with van der Waals surface area (Å²) in [6.07, 6.45) is 5.35. The van der Waals surface area contributed by atoms with Crippen LogP contribution in [0.5, 0.6) is 0 Å². The van der Waals surface area contributed by atoms with E-state index in [1.165, 1.54) is 0 Å². The van der Waals surface area contributed by atoms with Gasteiger partial charge in [-0.3, -0.25) is 19.6 Å². The minimum absolute atomic E-state index is 0.363. The lowest BCUT2D eigenvalue weighted by Gasteiger charge is -2.17. The maximum absolute atomic E-state index is 12.2. The zero-order valence-electron chi connectivity index (χ0n) is 13.3. The van der Waals surface area contributed by atoms with Crippen molar-refractivity contribution in [1.29, 1.82) is 0 Å². The standard InChI is InChI=1S/C20H15N3O2/c24-19-17-9-5-4-8-16(17)18(20(25)22-19)10-15-11-21-23(13-15)12-14-6-2-1-3-7-14/h1-11,13H,12H2,(H,22,24,25). The van der Waals surface area contributed by atoms with E-state index in [1.54, 1.807) is 30.5 Å². The van der Waals surface area contributed by atoms with Gasteiger partial charge in [0, 0.05) is 22.9 Å². The lowest BCUT2D eigenvalue weighted by molar-refractivity contribution is -0.114. The van der Waals surface area contributed by atoms with Crippen LogP contribution in [-0.2, 0) is 11.3 Å². The SMILES string of the molecule is O=C1NC(=O)c2ccccc2C1=Cc1cnn(Cc2ccccc2)c1. The first-order valence-electron chi connectivity index (χ1n) is 7.94. The summed E-state index contributed by atoms with van der Waals surface area (Å²) in [7, 11) is 0. The van der Waals surface area contributed by atoms with Crippen molar-refractivity contribution in [2.45, 2.75) is 6.54 Å². The molecule has 5 nitrogen and oxygen atoms in total. The topological polar surface area (TPSA) is 64.0 Å². The second-order valence-corrected chi connectivity index (χ2v) is 5.84. The smallest absolute Gasteiger partial charge is 0.258 e. The number of carbonyl (C=O) groups is 2. The minimum Gasteiger partial charge on any atom is -0.288 e. The Kier molecular flexibility index (Phi) is 3.74. The van der Waals surface area contributed by atoms with Gasteiger partial charge in [-0.15, -0.1) is 0 Å². The van der Waals surface area contributed by atoms with Gasteiger partial charge in [-0.1, -0.05) is 48.5 Å².